The molecule has 5 rings (SSSR count). The summed E-state index contributed by atoms with van der Waals surface area (Å²) in [6, 6.07) is 8.89. The molecule has 2 bridgehead atoms. The van der Waals surface area contributed by atoms with Crippen molar-refractivity contribution in [1.82, 2.24) is 9.88 Å². The van der Waals surface area contributed by atoms with Crippen molar-refractivity contribution >= 4 is 11.7 Å². The average molecular weight is 510 g/mol. The number of piperazine rings is 1. The largest absolute Gasteiger partial charge is 0.417 e. The van der Waals surface area contributed by atoms with Crippen molar-refractivity contribution in [1.29, 1.82) is 0 Å². The van der Waals surface area contributed by atoms with Gasteiger partial charge in [-0.25, -0.2) is 4.98 Å². The molecule has 2 saturated carbocycles. The van der Waals surface area contributed by atoms with E-state index in [0.717, 1.165) is 47.5 Å². The van der Waals surface area contributed by atoms with Gasteiger partial charge in [0.1, 0.15) is 5.82 Å². The lowest BCUT2D eigenvalue weighted by Crippen LogP contribution is -2.49. The Morgan fingerprint density at radius 1 is 0.973 bits per heavy atom. The predicted molar refractivity (Wildman–Crippen MR) is 138 cm³/mol. The van der Waals surface area contributed by atoms with Crippen molar-refractivity contribution in [2.75, 3.05) is 31.1 Å². The molecule has 0 N–H and O–H groups in total. The SMILES string of the molecule is CC1CC2CC(CC#Cc3ccc(N4CCN(C(=O)c5ccccc5C(F)(F)F)CC4)nc3)CC(C1)C2. The van der Waals surface area contributed by atoms with Crippen molar-refractivity contribution in [2.24, 2.45) is 23.7 Å². The highest BCUT2D eigenvalue weighted by molar-refractivity contribution is 5.96. The van der Waals surface area contributed by atoms with Crippen LogP contribution in [0, 0.1) is 35.5 Å². The zero-order chi connectivity index (χ0) is 26.0. The van der Waals surface area contributed by atoms with Crippen LogP contribution in [0.25, 0.3) is 0 Å². The van der Waals surface area contributed by atoms with Crippen molar-refractivity contribution in [3.8, 4) is 11.8 Å². The second-order valence-electron chi connectivity index (χ2n) is 11.1. The Labute approximate surface area is 217 Å². The Hall–Kier alpha value is -3.01. The number of carbonyl (C=O) groups is 1. The molecule has 4 nitrogen and oxygen atoms in total. The van der Waals surface area contributed by atoms with Crippen molar-refractivity contribution in [2.45, 2.75) is 51.6 Å². The monoisotopic (exact) mass is 509 g/mol. The maximum atomic E-state index is 13.3. The summed E-state index contributed by atoms with van der Waals surface area (Å²) in [7, 11) is 0. The van der Waals surface area contributed by atoms with Gasteiger partial charge in [-0.05, 0) is 80.0 Å². The number of halogens is 3. The maximum Gasteiger partial charge on any atom is 0.417 e. The number of fused-ring (bicyclic) bond motifs is 2. The van der Waals surface area contributed by atoms with Crippen LogP contribution in [0.1, 0.15) is 66.9 Å². The van der Waals surface area contributed by atoms with Crippen molar-refractivity contribution < 1.29 is 18.0 Å². The van der Waals surface area contributed by atoms with Crippen molar-refractivity contribution in [3.63, 3.8) is 0 Å². The highest BCUT2D eigenvalue weighted by atomic mass is 19.4. The Kier molecular flexibility index (Phi) is 7.46. The van der Waals surface area contributed by atoms with E-state index in [1.807, 2.05) is 12.1 Å². The van der Waals surface area contributed by atoms with E-state index in [4.69, 9.17) is 0 Å². The smallest absolute Gasteiger partial charge is 0.353 e. The number of alkyl halides is 3. The van der Waals surface area contributed by atoms with Crippen LogP contribution in [0.2, 0.25) is 0 Å². The fourth-order valence-electron chi connectivity index (χ4n) is 6.66. The number of hydrogen-bond acceptors (Lipinski definition) is 3. The topological polar surface area (TPSA) is 36.4 Å². The molecule has 196 valence electrons. The number of rotatable bonds is 3. The molecule has 1 aliphatic heterocycles. The number of anilines is 1. The quantitative estimate of drug-likeness (QED) is 0.458. The number of carbonyl (C=O) groups excluding carboxylic acids is 1. The van der Waals surface area contributed by atoms with Crippen LogP contribution in [0.5, 0.6) is 0 Å². The van der Waals surface area contributed by atoms with Gasteiger partial charge in [0.25, 0.3) is 5.91 Å². The zero-order valence-electron chi connectivity index (χ0n) is 21.3. The van der Waals surface area contributed by atoms with Crippen LogP contribution in [0.4, 0.5) is 19.0 Å². The second kappa shape index (κ2) is 10.8. The first-order chi connectivity index (χ1) is 17.8. The maximum absolute atomic E-state index is 13.3. The summed E-state index contributed by atoms with van der Waals surface area (Å²) in [6.07, 6.45) is 5.02. The highest BCUT2D eigenvalue weighted by Gasteiger charge is 2.36. The first kappa shape index (κ1) is 25.6. The molecule has 1 aromatic heterocycles. The van der Waals surface area contributed by atoms with Crippen LogP contribution in [-0.4, -0.2) is 42.0 Å². The molecule has 0 radical (unpaired) electrons. The van der Waals surface area contributed by atoms with Crippen LogP contribution in [0.15, 0.2) is 42.6 Å². The van der Waals surface area contributed by atoms with Crippen LogP contribution < -0.4 is 4.90 Å². The van der Waals surface area contributed by atoms with E-state index in [0.29, 0.717) is 26.2 Å². The van der Waals surface area contributed by atoms with Gasteiger partial charge in [0.2, 0.25) is 0 Å². The molecule has 2 aromatic rings. The number of amides is 1. The van der Waals surface area contributed by atoms with E-state index in [9.17, 15) is 18.0 Å². The molecule has 3 fully saturated rings. The molecule has 2 aliphatic carbocycles. The number of hydrogen-bond donors (Lipinski definition) is 0. The van der Waals surface area contributed by atoms with Gasteiger partial charge >= 0.3 is 6.18 Å². The van der Waals surface area contributed by atoms with Gasteiger partial charge < -0.3 is 9.80 Å². The number of pyridine rings is 1. The number of benzene rings is 1. The summed E-state index contributed by atoms with van der Waals surface area (Å²) in [5, 5.41) is 0. The third kappa shape index (κ3) is 6.11. The molecular weight excluding hydrogens is 475 g/mol. The zero-order valence-corrected chi connectivity index (χ0v) is 21.3. The van der Waals surface area contributed by atoms with Gasteiger partial charge in [0.15, 0.2) is 0 Å². The first-order valence-corrected chi connectivity index (χ1v) is 13.4. The summed E-state index contributed by atoms with van der Waals surface area (Å²) in [4.78, 5) is 20.9. The standard InChI is InChI=1S/C30H34F3N3O/c1-21-15-24-17-23(18-25(16-21)19-24)6-4-5-22-9-10-28(34-20-22)35-11-13-36(14-12-35)29(37)26-7-2-3-8-27(26)30(31,32)33/h2-3,7-10,20-21,23-25H,6,11-19H2,1H3. The summed E-state index contributed by atoms with van der Waals surface area (Å²) in [5.41, 5.74) is -0.289. The van der Waals surface area contributed by atoms with Gasteiger partial charge in [0.05, 0.1) is 11.1 Å². The van der Waals surface area contributed by atoms with Crippen molar-refractivity contribution in [3.05, 3.63) is 59.3 Å². The van der Waals surface area contributed by atoms with E-state index in [1.165, 1.54) is 55.2 Å². The summed E-state index contributed by atoms with van der Waals surface area (Å²) in [6.45, 7) is 4.11. The van der Waals surface area contributed by atoms with Crippen LogP contribution >= 0.6 is 0 Å². The van der Waals surface area contributed by atoms with Crippen LogP contribution in [0.3, 0.4) is 0 Å². The fourth-order valence-corrected chi connectivity index (χ4v) is 6.66. The third-order valence-corrected chi connectivity index (χ3v) is 8.20. The molecule has 1 saturated heterocycles. The minimum atomic E-state index is -4.56. The minimum absolute atomic E-state index is 0.296. The summed E-state index contributed by atoms with van der Waals surface area (Å²) in [5.74, 6) is 10.3. The normalized spacial score (nSPS) is 25.8. The summed E-state index contributed by atoms with van der Waals surface area (Å²) >= 11 is 0. The molecule has 7 heteroatoms. The Morgan fingerprint density at radius 2 is 1.68 bits per heavy atom. The minimum Gasteiger partial charge on any atom is -0.353 e. The molecule has 37 heavy (non-hydrogen) atoms. The van der Waals surface area contributed by atoms with Gasteiger partial charge in [-0.3, -0.25) is 4.79 Å². The Morgan fingerprint density at radius 3 is 2.32 bits per heavy atom. The predicted octanol–water partition coefficient (Wildman–Crippen LogP) is 6.27. The van der Waals surface area contributed by atoms with Gasteiger partial charge in [-0.1, -0.05) is 30.9 Å². The van der Waals surface area contributed by atoms with E-state index in [-0.39, 0.29) is 5.56 Å². The van der Waals surface area contributed by atoms with E-state index >= 15 is 0 Å². The first-order valence-electron chi connectivity index (χ1n) is 13.4. The Balaban J connectivity index is 1.13. The fraction of sp³-hybridized carbons (Fsp3) is 0.533. The molecule has 1 aromatic carbocycles. The molecule has 1 amide bonds. The lowest BCUT2D eigenvalue weighted by atomic mass is 9.64. The molecular formula is C30H34F3N3O. The molecule has 3 aliphatic rings. The number of aromatic nitrogens is 1. The lowest BCUT2D eigenvalue weighted by molar-refractivity contribution is -0.138. The second-order valence-corrected chi connectivity index (χ2v) is 11.1. The van der Waals surface area contributed by atoms with Gasteiger partial charge in [0, 0.05) is 44.4 Å². The average Bonchev–Trinajstić information content (AvgIpc) is 2.88. The lowest BCUT2D eigenvalue weighted by Gasteiger charge is -2.41. The van der Waals surface area contributed by atoms with E-state index < -0.39 is 17.6 Å². The molecule has 0 spiro atoms. The van der Waals surface area contributed by atoms with Crippen LogP contribution in [-0.2, 0) is 6.18 Å². The molecule has 2 unspecified atom stereocenters. The van der Waals surface area contributed by atoms with E-state index in [1.54, 1.807) is 6.20 Å². The summed E-state index contributed by atoms with van der Waals surface area (Å²) < 4.78 is 40.0. The highest BCUT2D eigenvalue weighted by Crippen LogP contribution is 2.45. The van der Waals surface area contributed by atoms with Gasteiger partial charge in [-0.15, -0.1) is 0 Å². The van der Waals surface area contributed by atoms with E-state index in [2.05, 4.69) is 28.6 Å². The Bertz CT molecular complexity index is 1140. The molecule has 2 atom stereocenters. The third-order valence-electron chi connectivity index (χ3n) is 8.20. The molecule has 2 heterocycles. The number of nitrogens with zero attached hydrogens (tertiary/aromatic N) is 3. The van der Waals surface area contributed by atoms with Gasteiger partial charge in [-0.2, -0.15) is 13.2 Å².